The second-order valence-electron chi connectivity index (χ2n) is 14.3. The van der Waals surface area contributed by atoms with Crippen LogP contribution in [0.15, 0.2) is 131 Å². The first-order valence-corrected chi connectivity index (χ1v) is 21.6. The Morgan fingerprint density at radius 1 is 0.947 bits per heavy atom. The number of sulfonamides is 1. The Morgan fingerprint density at radius 2 is 1.61 bits per heavy atom. The molecule has 0 bridgehead atoms. The van der Waals surface area contributed by atoms with Gasteiger partial charge < -0.3 is 20.2 Å². The van der Waals surface area contributed by atoms with Crippen molar-refractivity contribution in [3.8, 4) is 11.1 Å². The standard InChI is InChI=1S/C43H46ClN5O6S2/c1-47(2)25-24-34(29-56-36-8-4-3-5-9-36)45-40-21-20-37(28-41(40)49(52)53)57(54,55)46-43(51)32-14-18-35(19-15-32)48-26-22-31(23-27-48)42(50)39-11-7-6-10-38(39)30-12-16-33(44)17-13-30/h3-21,28,31,34,42,45,50H,22-27,29H2,1-2H3,(H,46,51)/t34-,42?/m1/s1. The van der Waals surface area contributed by atoms with E-state index in [1.807, 2.05) is 97.9 Å². The Bertz CT molecular complexity index is 2250. The first-order chi connectivity index (χ1) is 27.4. The summed E-state index contributed by atoms with van der Waals surface area (Å²) in [5.41, 5.74) is 3.62. The van der Waals surface area contributed by atoms with Crippen molar-refractivity contribution in [1.82, 2.24) is 9.62 Å². The van der Waals surface area contributed by atoms with Gasteiger partial charge in [0, 0.05) is 52.1 Å². The van der Waals surface area contributed by atoms with Gasteiger partial charge in [-0.25, -0.2) is 13.1 Å². The SMILES string of the molecule is CN(C)CC[C@H](CSc1ccccc1)Nc1ccc(S(=O)(=O)NC(=O)c2ccc(N3CCC(C(O)c4ccccc4-c4ccc(Cl)cc4)CC3)cc2)cc1[N+](=O)[O-]. The number of rotatable bonds is 16. The van der Waals surface area contributed by atoms with E-state index in [0.717, 1.165) is 52.7 Å². The fraction of sp³-hybridized carbons (Fsp3) is 0.279. The van der Waals surface area contributed by atoms with Crippen LogP contribution in [-0.2, 0) is 10.0 Å². The third-order valence-corrected chi connectivity index (χ3v) is 12.9. The van der Waals surface area contributed by atoms with E-state index < -0.39 is 37.5 Å². The number of halogens is 1. The summed E-state index contributed by atoms with van der Waals surface area (Å²) in [6.45, 7) is 2.12. The summed E-state index contributed by atoms with van der Waals surface area (Å²) in [4.78, 5) is 29.6. The fourth-order valence-electron chi connectivity index (χ4n) is 6.93. The molecule has 1 unspecified atom stereocenters. The number of benzene rings is 5. The molecule has 1 heterocycles. The number of amides is 1. The number of hydrogen-bond donors (Lipinski definition) is 3. The summed E-state index contributed by atoms with van der Waals surface area (Å²) in [7, 11) is -0.544. The highest BCUT2D eigenvalue weighted by atomic mass is 35.5. The molecule has 57 heavy (non-hydrogen) atoms. The van der Waals surface area contributed by atoms with Crippen LogP contribution in [0.3, 0.4) is 0 Å². The number of thioether (sulfide) groups is 1. The summed E-state index contributed by atoms with van der Waals surface area (Å²) in [5.74, 6) is -0.172. The zero-order chi connectivity index (χ0) is 40.5. The van der Waals surface area contributed by atoms with Gasteiger partial charge in [-0.1, -0.05) is 66.2 Å². The minimum Gasteiger partial charge on any atom is -0.388 e. The van der Waals surface area contributed by atoms with Crippen LogP contribution in [0.1, 0.15) is 41.3 Å². The average molecular weight is 828 g/mol. The number of aliphatic hydroxyl groups excluding tert-OH is 1. The highest BCUT2D eigenvalue weighted by Crippen LogP contribution is 2.37. The molecule has 1 aliphatic rings. The number of nitro benzene ring substituents is 1. The summed E-state index contributed by atoms with van der Waals surface area (Å²) in [6.07, 6.45) is 1.55. The van der Waals surface area contributed by atoms with Gasteiger partial charge in [0.25, 0.3) is 21.6 Å². The normalized spacial score (nSPS) is 14.6. The maximum absolute atomic E-state index is 13.4. The largest absolute Gasteiger partial charge is 0.388 e. The zero-order valence-electron chi connectivity index (χ0n) is 31.8. The molecule has 2 atom stereocenters. The third-order valence-electron chi connectivity index (χ3n) is 10.1. The van der Waals surface area contributed by atoms with E-state index in [9.17, 15) is 28.4 Å². The van der Waals surface area contributed by atoms with Crippen molar-refractivity contribution >= 4 is 56.4 Å². The topological polar surface area (TPSA) is 145 Å². The van der Waals surface area contributed by atoms with Crippen LogP contribution in [-0.4, -0.2) is 74.8 Å². The van der Waals surface area contributed by atoms with Gasteiger partial charge in [-0.15, -0.1) is 11.8 Å². The molecule has 11 nitrogen and oxygen atoms in total. The Labute approximate surface area is 343 Å². The molecule has 3 N–H and O–H groups in total. The lowest BCUT2D eigenvalue weighted by molar-refractivity contribution is -0.384. The molecule has 0 aromatic heterocycles. The first-order valence-electron chi connectivity index (χ1n) is 18.7. The van der Waals surface area contributed by atoms with Crippen LogP contribution < -0.4 is 14.9 Å². The lowest BCUT2D eigenvalue weighted by atomic mass is 9.84. The maximum Gasteiger partial charge on any atom is 0.293 e. The predicted molar refractivity (Wildman–Crippen MR) is 229 cm³/mol. The zero-order valence-corrected chi connectivity index (χ0v) is 34.1. The monoisotopic (exact) mass is 827 g/mol. The Kier molecular flexibility index (Phi) is 13.9. The number of piperidine rings is 1. The quantitative estimate of drug-likeness (QED) is 0.0503. The van der Waals surface area contributed by atoms with E-state index in [-0.39, 0.29) is 23.2 Å². The fourth-order valence-corrected chi connectivity index (χ4v) is 9.05. The second-order valence-corrected chi connectivity index (χ2v) is 17.6. The summed E-state index contributed by atoms with van der Waals surface area (Å²) < 4.78 is 28.8. The highest BCUT2D eigenvalue weighted by Gasteiger charge is 2.29. The minimum absolute atomic E-state index is 0.0498. The molecule has 14 heteroatoms. The van der Waals surface area contributed by atoms with E-state index in [0.29, 0.717) is 30.3 Å². The van der Waals surface area contributed by atoms with E-state index in [2.05, 4.69) is 14.9 Å². The summed E-state index contributed by atoms with van der Waals surface area (Å²) in [6, 6.07) is 35.4. The molecule has 0 saturated carbocycles. The number of nitro groups is 1. The van der Waals surface area contributed by atoms with E-state index >= 15 is 0 Å². The third kappa shape index (κ3) is 10.9. The van der Waals surface area contributed by atoms with Crippen LogP contribution in [0.25, 0.3) is 11.1 Å². The molecule has 0 aliphatic carbocycles. The van der Waals surface area contributed by atoms with Gasteiger partial charge in [-0.2, -0.15) is 0 Å². The molecule has 298 valence electrons. The van der Waals surface area contributed by atoms with Crippen molar-refractivity contribution in [3.05, 3.63) is 148 Å². The molecular formula is C43H46ClN5O6S2. The highest BCUT2D eigenvalue weighted by molar-refractivity contribution is 7.99. The lowest BCUT2D eigenvalue weighted by Gasteiger charge is -2.36. The molecular weight excluding hydrogens is 782 g/mol. The van der Waals surface area contributed by atoms with Crippen molar-refractivity contribution in [1.29, 1.82) is 0 Å². The van der Waals surface area contributed by atoms with E-state index in [1.54, 1.807) is 36.0 Å². The second kappa shape index (κ2) is 19.0. The van der Waals surface area contributed by atoms with Crippen LogP contribution in [0.2, 0.25) is 5.02 Å². The van der Waals surface area contributed by atoms with Gasteiger partial charge in [-0.3, -0.25) is 14.9 Å². The maximum atomic E-state index is 13.4. The molecule has 1 fully saturated rings. The summed E-state index contributed by atoms with van der Waals surface area (Å²) in [5, 5.41) is 27.6. The van der Waals surface area contributed by atoms with Crippen molar-refractivity contribution < 1.29 is 23.2 Å². The van der Waals surface area contributed by atoms with Crippen LogP contribution in [0.5, 0.6) is 0 Å². The number of hydrogen-bond acceptors (Lipinski definition) is 10. The van der Waals surface area contributed by atoms with E-state index in [4.69, 9.17) is 11.6 Å². The molecule has 5 aromatic rings. The number of anilines is 2. The van der Waals surface area contributed by atoms with Gasteiger partial charge in [0.2, 0.25) is 0 Å². The van der Waals surface area contributed by atoms with Crippen molar-refractivity contribution in [2.24, 2.45) is 5.92 Å². The smallest absolute Gasteiger partial charge is 0.293 e. The first kappa shape index (κ1) is 41.7. The van der Waals surface area contributed by atoms with Crippen LogP contribution >= 0.6 is 23.4 Å². The van der Waals surface area contributed by atoms with Crippen molar-refractivity contribution in [2.45, 2.75) is 41.2 Å². The molecule has 1 saturated heterocycles. The van der Waals surface area contributed by atoms with Gasteiger partial charge in [0.15, 0.2) is 0 Å². The van der Waals surface area contributed by atoms with Crippen molar-refractivity contribution in [2.75, 3.05) is 49.7 Å². The Balaban J connectivity index is 1.07. The number of carbonyl (C=O) groups excluding carboxylic acids is 1. The van der Waals surface area contributed by atoms with Crippen LogP contribution in [0, 0.1) is 16.0 Å². The Morgan fingerprint density at radius 3 is 2.28 bits per heavy atom. The van der Waals surface area contributed by atoms with Gasteiger partial charge in [-0.05, 0) is 123 Å². The molecule has 1 aliphatic heterocycles. The number of aliphatic hydroxyl groups is 1. The average Bonchev–Trinajstić information content (AvgIpc) is 3.22. The Hall–Kier alpha value is -4.92. The van der Waals surface area contributed by atoms with E-state index in [1.165, 1.54) is 12.1 Å². The number of nitrogens with one attached hydrogen (secondary N) is 2. The lowest BCUT2D eigenvalue weighted by Crippen LogP contribution is -2.35. The molecule has 6 rings (SSSR count). The predicted octanol–water partition coefficient (Wildman–Crippen LogP) is 8.51. The van der Waals surface area contributed by atoms with Gasteiger partial charge in [0.05, 0.1) is 15.9 Å². The van der Waals surface area contributed by atoms with Crippen LogP contribution in [0.4, 0.5) is 17.1 Å². The molecule has 1 amide bonds. The minimum atomic E-state index is -4.45. The van der Waals surface area contributed by atoms with Gasteiger partial charge >= 0.3 is 0 Å². The van der Waals surface area contributed by atoms with Gasteiger partial charge in [0.1, 0.15) is 5.69 Å². The summed E-state index contributed by atoms with van der Waals surface area (Å²) >= 11 is 7.73. The molecule has 0 spiro atoms. The van der Waals surface area contributed by atoms with Crippen molar-refractivity contribution in [3.63, 3.8) is 0 Å². The molecule has 5 aromatic carbocycles. The number of carbonyl (C=O) groups is 1. The molecule has 0 radical (unpaired) electrons. The number of nitrogens with zero attached hydrogens (tertiary/aromatic N) is 3.